The van der Waals surface area contributed by atoms with Gasteiger partial charge in [-0.25, -0.2) is 0 Å². The molecule has 1 aromatic rings. The van der Waals surface area contributed by atoms with Gasteiger partial charge in [-0.05, 0) is 18.9 Å². The summed E-state index contributed by atoms with van der Waals surface area (Å²) in [6, 6.07) is 0. The summed E-state index contributed by atoms with van der Waals surface area (Å²) in [4.78, 5) is 23.3. The van der Waals surface area contributed by atoms with Crippen molar-refractivity contribution < 1.29 is 9.59 Å². The van der Waals surface area contributed by atoms with Crippen LogP contribution < -0.4 is 0 Å². The molecule has 4 heteroatoms. The maximum absolute atomic E-state index is 11.6. The van der Waals surface area contributed by atoms with Crippen molar-refractivity contribution in [3.05, 3.63) is 17.5 Å². The van der Waals surface area contributed by atoms with Crippen molar-refractivity contribution in [1.29, 1.82) is 0 Å². The minimum Gasteiger partial charge on any atom is -0.292 e. The van der Waals surface area contributed by atoms with Gasteiger partial charge in [-0.2, -0.15) is 9.78 Å². The number of ketones is 1. The minimum atomic E-state index is -0.109. The first-order valence-electron chi connectivity index (χ1n) is 5.22. The van der Waals surface area contributed by atoms with Crippen LogP contribution >= 0.6 is 0 Å². The highest BCUT2D eigenvalue weighted by atomic mass is 16.2. The largest absolute Gasteiger partial charge is 0.292 e. The van der Waals surface area contributed by atoms with Gasteiger partial charge in [-0.1, -0.05) is 13.8 Å². The van der Waals surface area contributed by atoms with E-state index in [0.717, 1.165) is 12.0 Å². The highest BCUT2D eigenvalue weighted by Crippen LogP contribution is 2.11. The molecular weight excluding hydrogens is 192 g/mol. The Hall–Kier alpha value is -1.45. The van der Waals surface area contributed by atoms with E-state index in [1.54, 1.807) is 20.0 Å². The molecule has 1 aromatic heterocycles. The average molecular weight is 208 g/mol. The maximum Gasteiger partial charge on any atom is 0.247 e. The van der Waals surface area contributed by atoms with Crippen LogP contribution in [0.25, 0.3) is 0 Å². The van der Waals surface area contributed by atoms with Gasteiger partial charge in [0, 0.05) is 12.8 Å². The van der Waals surface area contributed by atoms with Crippen LogP contribution in [-0.4, -0.2) is 21.5 Å². The first-order chi connectivity index (χ1) is 7.11. The topological polar surface area (TPSA) is 52.0 Å². The van der Waals surface area contributed by atoms with Gasteiger partial charge < -0.3 is 0 Å². The number of aryl methyl sites for hydroxylation is 1. The standard InChI is InChI=1S/C11H16N2O2/c1-4-6-10(15)13-11(9(14)5-2)8(3)7-12-13/h7H,4-6H2,1-3H3. The van der Waals surface area contributed by atoms with E-state index in [1.165, 1.54) is 4.68 Å². The summed E-state index contributed by atoms with van der Waals surface area (Å²) in [6.45, 7) is 5.50. The number of aromatic nitrogens is 2. The van der Waals surface area contributed by atoms with Crippen molar-refractivity contribution in [1.82, 2.24) is 9.78 Å². The average Bonchev–Trinajstić information content (AvgIpc) is 2.59. The van der Waals surface area contributed by atoms with Gasteiger partial charge in [0.05, 0.1) is 6.20 Å². The van der Waals surface area contributed by atoms with E-state index in [2.05, 4.69) is 5.10 Å². The molecule has 0 spiro atoms. The fourth-order valence-corrected chi connectivity index (χ4v) is 1.44. The van der Waals surface area contributed by atoms with Crippen molar-refractivity contribution in [2.24, 2.45) is 0 Å². The van der Waals surface area contributed by atoms with Gasteiger partial charge in [0.25, 0.3) is 0 Å². The summed E-state index contributed by atoms with van der Waals surface area (Å²) in [6.07, 6.45) is 3.14. The molecule has 0 bridgehead atoms. The second kappa shape index (κ2) is 4.87. The third kappa shape index (κ3) is 2.32. The van der Waals surface area contributed by atoms with Gasteiger partial charge in [-0.3, -0.25) is 9.59 Å². The molecule has 0 saturated heterocycles. The smallest absolute Gasteiger partial charge is 0.247 e. The van der Waals surface area contributed by atoms with Gasteiger partial charge >= 0.3 is 0 Å². The lowest BCUT2D eigenvalue weighted by molar-refractivity contribution is 0.0859. The molecule has 0 aliphatic carbocycles. The van der Waals surface area contributed by atoms with Gasteiger partial charge in [0.1, 0.15) is 5.69 Å². The third-order valence-corrected chi connectivity index (χ3v) is 2.24. The molecule has 0 radical (unpaired) electrons. The fourth-order valence-electron chi connectivity index (χ4n) is 1.44. The Labute approximate surface area is 89.3 Å². The summed E-state index contributed by atoms with van der Waals surface area (Å²) in [5.74, 6) is -0.142. The molecular formula is C11H16N2O2. The van der Waals surface area contributed by atoms with Gasteiger partial charge in [0.15, 0.2) is 5.78 Å². The zero-order valence-electron chi connectivity index (χ0n) is 9.41. The molecule has 0 atom stereocenters. The number of carbonyl (C=O) groups excluding carboxylic acids is 2. The van der Waals surface area contributed by atoms with Crippen molar-refractivity contribution >= 4 is 11.7 Å². The molecule has 0 saturated carbocycles. The second-order valence-corrected chi connectivity index (χ2v) is 3.51. The molecule has 0 aliphatic rings. The fraction of sp³-hybridized carbons (Fsp3) is 0.545. The highest BCUT2D eigenvalue weighted by molar-refractivity contribution is 5.99. The molecule has 0 aromatic carbocycles. The van der Waals surface area contributed by atoms with Crippen molar-refractivity contribution in [2.75, 3.05) is 0 Å². The van der Waals surface area contributed by atoms with Crippen LogP contribution in [0.3, 0.4) is 0 Å². The Bertz CT molecular complexity index is 380. The van der Waals surface area contributed by atoms with E-state index >= 15 is 0 Å². The number of nitrogens with zero attached hydrogens (tertiary/aromatic N) is 2. The Balaban J connectivity index is 3.08. The highest BCUT2D eigenvalue weighted by Gasteiger charge is 2.18. The molecule has 1 heterocycles. The Kier molecular flexibility index (Phi) is 3.77. The first kappa shape index (κ1) is 11.6. The Morgan fingerprint density at radius 3 is 2.60 bits per heavy atom. The third-order valence-electron chi connectivity index (χ3n) is 2.24. The quantitative estimate of drug-likeness (QED) is 0.713. The molecule has 0 aliphatic heterocycles. The van der Waals surface area contributed by atoms with Crippen LogP contribution in [0.15, 0.2) is 6.20 Å². The molecule has 0 fully saturated rings. The summed E-state index contributed by atoms with van der Waals surface area (Å²) < 4.78 is 1.24. The summed E-state index contributed by atoms with van der Waals surface area (Å²) >= 11 is 0. The molecule has 15 heavy (non-hydrogen) atoms. The van der Waals surface area contributed by atoms with E-state index in [0.29, 0.717) is 18.5 Å². The zero-order valence-corrected chi connectivity index (χ0v) is 9.41. The number of hydrogen-bond acceptors (Lipinski definition) is 3. The molecule has 82 valence electrons. The van der Waals surface area contributed by atoms with E-state index in [9.17, 15) is 9.59 Å². The van der Waals surface area contributed by atoms with Crippen LogP contribution in [0.2, 0.25) is 0 Å². The Morgan fingerprint density at radius 2 is 2.07 bits per heavy atom. The van der Waals surface area contributed by atoms with Gasteiger partial charge in [-0.15, -0.1) is 0 Å². The number of Topliss-reactive ketones (excluding diaryl/α,β-unsaturated/α-hetero) is 1. The lowest BCUT2D eigenvalue weighted by atomic mass is 10.1. The van der Waals surface area contributed by atoms with E-state index in [-0.39, 0.29) is 11.7 Å². The lowest BCUT2D eigenvalue weighted by Crippen LogP contribution is -2.18. The number of carbonyl (C=O) groups is 2. The Morgan fingerprint density at radius 1 is 1.40 bits per heavy atom. The van der Waals surface area contributed by atoms with Crippen LogP contribution in [0.4, 0.5) is 0 Å². The number of rotatable bonds is 4. The molecule has 0 N–H and O–H groups in total. The monoisotopic (exact) mass is 208 g/mol. The molecule has 4 nitrogen and oxygen atoms in total. The zero-order chi connectivity index (χ0) is 11.4. The van der Waals surface area contributed by atoms with Crippen LogP contribution in [0.5, 0.6) is 0 Å². The molecule has 0 amide bonds. The van der Waals surface area contributed by atoms with Crippen LogP contribution in [0, 0.1) is 6.92 Å². The first-order valence-corrected chi connectivity index (χ1v) is 5.22. The predicted octanol–water partition coefficient (Wildman–Crippen LogP) is 2.22. The summed E-state index contributed by atoms with van der Waals surface area (Å²) in [7, 11) is 0. The predicted molar refractivity (Wildman–Crippen MR) is 57.1 cm³/mol. The summed E-state index contributed by atoms with van der Waals surface area (Å²) in [5, 5.41) is 3.95. The molecule has 1 rings (SSSR count). The maximum atomic E-state index is 11.6. The molecule has 0 unspecified atom stereocenters. The summed E-state index contributed by atoms with van der Waals surface area (Å²) in [5.41, 5.74) is 1.21. The van der Waals surface area contributed by atoms with E-state index in [4.69, 9.17) is 0 Å². The van der Waals surface area contributed by atoms with E-state index in [1.807, 2.05) is 6.92 Å². The van der Waals surface area contributed by atoms with Crippen molar-refractivity contribution in [3.8, 4) is 0 Å². The normalized spacial score (nSPS) is 10.3. The van der Waals surface area contributed by atoms with Crippen molar-refractivity contribution in [3.63, 3.8) is 0 Å². The second-order valence-electron chi connectivity index (χ2n) is 3.51. The lowest BCUT2D eigenvalue weighted by Gasteiger charge is -2.04. The van der Waals surface area contributed by atoms with Crippen LogP contribution in [0.1, 0.15) is 54.0 Å². The van der Waals surface area contributed by atoms with Crippen LogP contribution in [-0.2, 0) is 0 Å². The minimum absolute atomic E-state index is 0.0329. The van der Waals surface area contributed by atoms with Gasteiger partial charge in [0.2, 0.25) is 5.91 Å². The number of hydrogen-bond donors (Lipinski definition) is 0. The van der Waals surface area contributed by atoms with E-state index < -0.39 is 0 Å². The SMILES string of the molecule is CCCC(=O)n1ncc(C)c1C(=O)CC. The van der Waals surface area contributed by atoms with Crippen molar-refractivity contribution in [2.45, 2.75) is 40.0 Å².